The van der Waals surface area contributed by atoms with Crippen LogP contribution in [0.3, 0.4) is 0 Å². The summed E-state index contributed by atoms with van der Waals surface area (Å²) >= 11 is 0. The second-order valence-corrected chi connectivity index (χ2v) is 4.62. The molecule has 0 aliphatic rings. The number of likely N-dealkylation sites (N-methyl/N-ethyl adjacent to an activating group) is 1. The number of aryl methyl sites for hydroxylation is 2. The number of amides is 1. The van der Waals surface area contributed by atoms with Gasteiger partial charge in [-0.15, -0.1) is 0 Å². The maximum Gasteiger partial charge on any atom is 0.250 e. The van der Waals surface area contributed by atoms with E-state index >= 15 is 0 Å². The third-order valence-electron chi connectivity index (χ3n) is 2.95. The van der Waals surface area contributed by atoms with Crippen LogP contribution in [0, 0.1) is 13.8 Å². The van der Waals surface area contributed by atoms with Crippen molar-refractivity contribution in [2.75, 3.05) is 13.6 Å². The summed E-state index contributed by atoms with van der Waals surface area (Å²) in [5.74, 6) is -0.227. The van der Waals surface area contributed by atoms with Gasteiger partial charge in [0.05, 0.1) is 0 Å². The van der Waals surface area contributed by atoms with Gasteiger partial charge < -0.3 is 10.0 Å². The fourth-order valence-electron chi connectivity index (χ4n) is 1.84. The zero-order chi connectivity index (χ0) is 13.0. The summed E-state index contributed by atoms with van der Waals surface area (Å²) in [6.07, 6.45) is -0.0970. The van der Waals surface area contributed by atoms with Gasteiger partial charge in [-0.1, -0.05) is 23.8 Å². The van der Waals surface area contributed by atoms with Crippen molar-refractivity contribution >= 4 is 5.91 Å². The molecule has 0 fully saturated rings. The lowest BCUT2D eigenvalue weighted by molar-refractivity contribution is -0.137. The lowest BCUT2D eigenvalue weighted by Crippen LogP contribution is -2.36. The monoisotopic (exact) mass is 235 g/mol. The molecular weight excluding hydrogens is 214 g/mol. The Bertz CT molecular complexity index is 399. The number of hydrogen-bond donors (Lipinski definition) is 1. The van der Waals surface area contributed by atoms with E-state index in [2.05, 4.69) is 32.0 Å². The minimum atomic E-state index is -0.917. The average molecular weight is 235 g/mol. The van der Waals surface area contributed by atoms with E-state index in [-0.39, 0.29) is 5.91 Å². The molecule has 1 unspecified atom stereocenters. The SMILES string of the molecule is Cc1ccc(CCN(C)C(=O)C(C)O)c(C)c1. The zero-order valence-corrected chi connectivity index (χ0v) is 11.0. The van der Waals surface area contributed by atoms with Crippen molar-refractivity contribution in [2.45, 2.75) is 33.3 Å². The number of aliphatic hydroxyl groups is 1. The maximum atomic E-state index is 11.5. The zero-order valence-electron chi connectivity index (χ0n) is 11.0. The van der Waals surface area contributed by atoms with E-state index in [1.54, 1.807) is 11.9 Å². The Labute approximate surface area is 103 Å². The van der Waals surface area contributed by atoms with Gasteiger partial charge in [0, 0.05) is 13.6 Å². The van der Waals surface area contributed by atoms with Crippen LogP contribution in [0.5, 0.6) is 0 Å². The van der Waals surface area contributed by atoms with E-state index in [1.807, 2.05) is 0 Å². The number of hydrogen-bond acceptors (Lipinski definition) is 2. The highest BCUT2D eigenvalue weighted by atomic mass is 16.3. The second-order valence-electron chi connectivity index (χ2n) is 4.62. The van der Waals surface area contributed by atoms with Crippen molar-refractivity contribution in [3.05, 3.63) is 34.9 Å². The highest BCUT2D eigenvalue weighted by Crippen LogP contribution is 2.11. The molecule has 0 bridgehead atoms. The van der Waals surface area contributed by atoms with Gasteiger partial charge in [0.1, 0.15) is 6.10 Å². The van der Waals surface area contributed by atoms with Gasteiger partial charge in [-0.3, -0.25) is 4.79 Å². The molecule has 3 heteroatoms. The van der Waals surface area contributed by atoms with E-state index in [0.29, 0.717) is 6.54 Å². The fourth-order valence-corrected chi connectivity index (χ4v) is 1.84. The van der Waals surface area contributed by atoms with Gasteiger partial charge >= 0.3 is 0 Å². The largest absolute Gasteiger partial charge is 0.384 e. The Morgan fingerprint density at radius 3 is 2.59 bits per heavy atom. The minimum Gasteiger partial charge on any atom is -0.384 e. The van der Waals surface area contributed by atoms with Crippen LogP contribution in [-0.4, -0.2) is 35.6 Å². The molecule has 0 saturated carbocycles. The topological polar surface area (TPSA) is 40.5 Å². The molecule has 0 radical (unpaired) electrons. The van der Waals surface area contributed by atoms with Crippen molar-refractivity contribution in [3.8, 4) is 0 Å². The summed E-state index contributed by atoms with van der Waals surface area (Å²) in [4.78, 5) is 13.1. The van der Waals surface area contributed by atoms with Crippen LogP contribution in [0.2, 0.25) is 0 Å². The Kier molecular flexibility index (Phi) is 4.70. The van der Waals surface area contributed by atoms with Crippen LogP contribution in [0.4, 0.5) is 0 Å². The smallest absolute Gasteiger partial charge is 0.250 e. The maximum absolute atomic E-state index is 11.5. The number of nitrogens with zero attached hydrogens (tertiary/aromatic N) is 1. The van der Waals surface area contributed by atoms with Crippen molar-refractivity contribution in [1.29, 1.82) is 0 Å². The van der Waals surface area contributed by atoms with E-state index in [1.165, 1.54) is 23.6 Å². The van der Waals surface area contributed by atoms with Gasteiger partial charge in [0.25, 0.3) is 5.91 Å². The molecule has 3 nitrogen and oxygen atoms in total. The minimum absolute atomic E-state index is 0.227. The normalized spacial score (nSPS) is 12.3. The number of carbonyl (C=O) groups is 1. The molecule has 94 valence electrons. The fraction of sp³-hybridized carbons (Fsp3) is 0.500. The molecule has 1 atom stereocenters. The standard InChI is InChI=1S/C14H21NO2/c1-10-5-6-13(11(2)9-10)7-8-15(4)14(17)12(3)16/h5-6,9,12,16H,7-8H2,1-4H3. The Balaban J connectivity index is 2.59. The van der Waals surface area contributed by atoms with Gasteiger partial charge in [0.2, 0.25) is 0 Å². The number of carbonyl (C=O) groups excluding carboxylic acids is 1. The third kappa shape index (κ3) is 3.86. The van der Waals surface area contributed by atoms with Crippen LogP contribution < -0.4 is 0 Å². The van der Waals surface area contributed by atoms with E-state index in [4.69, 9.17) is 0 Å². The van der Waals surface area contributed by atoms with E-state index < -0.39 is 6.10 Å². The molecule has 0 aromatic heterocycles. The molecule has 0 spiro atoms. The predicted molar refractivity (Wildman–Crippen MR) is 68.9 cm³/mol. The summed E-state index contributed by atoms with van der Waals surface area (Å²) in [6, 6.07) is 6.33. The molecule has 1 N–H and O–H groups in total. The lowest BCUT2D eigenvalue weighted by atomic mass is 10.0. The molecule has 17 heavy (non-hydrogen) atoms. The van der Waals surface area contributed by atoms with E-state index in [0.717, 1.165) is 6.42 Å². The third-order valence-corrected chi connectivity index (χ3v) is 2.95. The Morgan fingerprint density at radius 1 is 1.41 bits per heavy atom. The van der Waals surface area contributed by atoms with Gasteiger partial charge in [-0.05, 0) is 38.3 Å². The molecule has 1 aromatic rings. The second kappa shape index (κ2) is 5.82. The quantitative estimate of drug-likeness (QED) is 0.862. The van der Waals surface area contributed by atoms with Gasteiger partial charge in [0.15, 0.2) is 0 Å². The predicted octanol–water partition coefficient (Wildman–Crippen LogP) is 1.69. The van der Waals surface area contributed by atoms with Crippen LogP contribution in [0.15, 0.2) is 18.2 Å². The van der Waals surface area contributed by atoms with Crippen molar-refractivity contribution in [3.63, 3.8) is 0 Å². The summed E-state index contributed by atoms with van der Waals surface area (Å²) in [6.45, 7) is 6.28. The molecule has 1 aromatic carbocycles. The lowest BCUT2D eigenvalue weighted by Gasteiger charge is -2.19. The summed E-state index contributed by atoms with van der Waals surface area (Å²) in [5.41, 5.74) is 3.75. The summed E-state index contributed by atoms with van der Waals surface area (Å²) in [7, 11) is 1.72. The van der Waals surface area contributed by atoms with Gasteiger partial charge in [-0.25, -0.2) is 0 Å². The van der Waals surface area contributed by atoms with Crippen LogP contribution in [-0.2, 0) is 11.2 Å². The number of aliphatic hydroxyl groups excluding tert-OH is 1. The molecule has 1 amide bonds. The first-order valence-electron chi connectivity index (χ1n) is 5.91. The highest BCUT2D eigenvalue weighted by Gasteiger charge is 2.14. The number of rotatable bonds is 4. The molecule has 0 aliphatic heterocycles. The molecule has 0 saturated heterocycles. The van der Waals surface area contributed by atoms with Crippen LogP contribution in [0.1, 0.15) is 23.6 Å². The molecular formula is C14H21NO2. The van der Waals surface area contributed by atoms with E-state index in [9.17, 15) is 9.90 Å². The van der Waals surface area contributed by atoms with Crippen LogP contribution in [0.25, 0.3) is 0 Å². The van der Waals surface area contributed by atoms with Crippen molar-refractivity contribution < 1.29 is 9.90 Å². The van der Waals surface area contributed by atoms with Crippen LogP contribution >= 0.6 is 0 Å². The average Bonchev–Trinajstić information content (AvgIpc) is 2.26. The highest BCUT2D eigenvalue weighted by molar-refractivity contribution is 5.79. The molecule has 1 rings (SSSR count). The molecule has 0 heterocycles. The Hall–Kier alpha value is -1.35. The number of benzene rings is 1. The van der Waals surface area contributed by atoms with Crippen molar-refractivity contribution in [1.82, 2.24) is 4.90 Å². The summed E-state index contributed by atoms with van der Waals surface area (Å²) in [5, 5.41) is 9.19. The first-order chi connectivity index (χ1) is 7.91. The summed E-state index contributed by atoms with van der Waals surface area (Å²) < 4.78 is 0. The molecule has 0 aliphatic carbocycles. The Morgan fingerprint density at radius 2 is 2.06 bits per heavy atom. The van der Waals surface area contributed by atoms with Crippen molar-refractivity contribution in [2.24, 2.45) is 0 Å². The van der Waals surface area contributed by atoms with Gasteiger partial charge in [-0.2, -0.15) is 0 Å². The first-order valence-corrected chi connectivity index (χ1v) is 5.91. The first kappa shape index (κ1) is 13.7.